The van der Waals surface area contributed by atoms with Gasteiger partial charge in [-0.1, -0.05) is 18.2 Å². The third-order valence-electron chi connectivity index (χ3n) is 4.11. The van der Waals surface area contributed by atoms with E-state index in [9.17, 15) is 13.2 Å². The normalized spacial score (nSPS) is 12.5. The lowest BCUT2D eigenvalue weighted by molar-refractivity contribution is -0.136. The van der Waals surface area contributed by atoms with Crippen molar-refractivity contribution < 1.29 is 27.5 Å². The van der Waals surface area contributed by atoms with Gasteiger partial charge in [0.1, 0.15) is 23.7 Å². The van der Waals surface area contributed by atoms with Crippen molar-refractivity contribution in [1.29, 1.82) is 0 Å². The number of benzene rings is 2. The summed E-state index contributed by atoms with van der Waals surface area (Å²) in [6, 6.07) is 12.5. The van der Waals surface area contributed by atoms with Crippen LogP contribution in [-0.4, -0.2) is 31.2 Å². The van der Waals surface area contributed by atoms with E-state index in [1.165, 1.54) is 6.21 Å². The fourth-order valence-corrected chi connectivity index (χ4v) is 4.88. The Morgan fingerprint density at radius 3 is 2.66 bits per heavy atom. The Hall–Kier alpha value is -2.44. The van der Waals surface area contributed by atoms with Crippen LogP contribution in [0.15, 0.2) is 51.3 Å². The van der Waals surface area contributed by atoms with Crippen LogP contribution in [0.1, 0.15) is 37.7 Å². The minimum Gasteiger partial charge on any atom is -0.489 e. The molecule has 0 atom stereocenters. The molecule has 0 saturated heterocycles. The first kappa shape index (κ1) is 24.2. The van der Waals surface area contributed by atoms with Gasteiger partial charge in [0.05, 0.1) is 16.2 Å². The molecule has 0 aliphatic carbocycles. The maximum Gasteiger partial charge on any atom is 0.320 e. The second-order valence-electron chi connectivity index (χ2n) is 8.17. The maximum atomic E-state index is 12.1. The van der Waals surface area contributed by atoms with Crippen LogP contribution < -0.4 is 9.46 Å². The Balaban J connectivity index is 1.79. The van der Waals surface area contributed by atoms with Gasteiger partial charge >= 0.3 is 16.2 Å². The van der Waals surface area contributed by atoms with Gasteiger partial charge in [-0.3, -0.25) is 4.79 Å². The summed E-state index contributed by atoms with van der Waals surface area (Å²) in [7, 11) is -3.85. The Morgan fingerprint density at radius 1 is 1.25 bits per heavy atom. The van der Waals surface area contributed by atoms with Crippen molar-refractivity contribution >= 4 is 56.0 Å². The molecule has 0 aliphatic rings. The predicted molar refractivity (Wildman–Crippen MR) is 130 cm³/mol. The first-order valence-corrected chi connectivity index (χ1v) is 12.2. The lowest BCUT2D eigenvalue weighted by atomic mass is 10.1. The van der Waals surface area contributed by atoms with Crippen LogP contribution in [-0.2, 0) is 28.0 Å². The van der Waals surface area contributed by atoms with Gasteiger partial charge in [0.25, 0.3) is 0 Å². The van der Waals surface area contributed by atoms with Crippen molar-refractivity contribution in [2.45, 2.75) is 39.3 Å². The molecule has 0 unspecified atom stereocenters. The summed E-state index contributed by atoms with van der Waals surface area (Å²) in [6.45, 7) is 5.43. The molecule has 10 heteroatoms. The van der Waals surface area contributed by atoms with Gasteiger partial charge in [0.2, 0.25) is 0 Å². The van der Waals surface area contributed by atoms with E-state index in [-0.39, 0.29) is 13.0 Å². The molecule has 0 radical (unpaired) electrons. The molecule has 8 nitrogen and oxygen atoms in total. The van der Waals surface area contributed by atoms with E-state index in [4.69, 9.17) is 14.3 Å². The van der Waals surface area contributed by atoms with Gasteiger partial charge in [-0.2, -0.15) is 17.5 Å². The number of rotatable bonds is 8. The van der Waals surface area contributed by atoms with Gasteiger partial charge in [-0.05, 0) is 73.2 Å². The number of furan rings is 1. The van der Waals surface area contributed by atoms with Crippen molar-refractivity contribution in [3.63, 3.8) is 0 Å². The zero-order valence-electron chi connectivity index (χ0n) is 17.8. The average Bonchev–Trinajstić information content (AvgIpc) is 3.07. The lowest BCUT2D eigenvalue weighted by Crippen LogP contribution is -2.39. The van der Waals surface area contributed by atoms with Crippen LogP contribution in [0.5, 0.6) is 5.75 Å². The molecule has 0 aliphatic heterocycles. The summed E-state index contributed by atoms with van der Waals surface area (Å²) in [6.07, 6.45) is 1.05. The highest BCUT2D eigenvalue weighted by atomic mass is 127. The SMILES string of the molecule is CC(C)(C)NS(=O)(=O)/N=C/c1cc2cc(COc3ccccc3CC(=O)O)cc(I)c2o1. The molecule has 0 saturated carbocycles. The summed E-state index contributed by atoms with van der Waals surface area (Å²) in [5.41, 5.74) is 1.43. The molecule has 2 N–H and O–H groups in total. The van der Waals surface area contributed by atoms with Crippen LogP contribution >= 0.6 is 22.6 Å². The standard InChI is InChI=1S/C22H23IN2O6S/c1-22(2,3)25-32(28,29)24-12-17-10-16-8-14(9-18(23)21(16)31-17)13-30-19-7-5-4-6-15(19)11-20(26)27/h4-10,12,25H,11,13H2,1-3H3,(H,26,27)/b24-12+. The molecule has 1 aromatic heterocycles. The van der Waals surface area contributed by atoms with Gasteiger partial charge in [0.15, 0.2) is 0 Å². The van der Waals surface area contributed by atoms with E-state index >= 15 is 0 Å². The van der Waals surface area contributed by atoms with Gasteiger partial charge < -0.3 is 14.3 Å². The summed E-state index contributed by atoms with van der Waals surface area (Å²) in [5.74, 6) is -0.104. The number of ether oxygens (including phenoxy) is 1. The quantitative estimate of drug-likeness (QED) is 0.308. The monoisotopic (exact) mass is 570 g/mol. The number of carboxylic acids is 1. The molecule has 0 spiro atoms. The maximum absolute atomic E-state index is 12.1. The molecule has 3 rings (SSSR count). The number of nitrogens with zero attached hydrogens (tertiary/aromatic N) is 1. The molecule has 2 aromatic carbocycles. The fraction of sp³-hybridized carbons (Fsp3) is 0.273. The van der Waals surface area contributed by atoms with Crippen molar-refractivity contribution in [3.8, 4) is 5.75 Å². The number of aliphatic carboxylic acids is 1. The van der Waals surface area contributed by atoms with E-state index in [2.05, 4.69) is 31.7 Å². The first-order chi connectivity index (χ1) is 14.9. The van der Waals surface area contributed by atoms with E-state index in [1.54, 1.807) is 51.1 Å². The van der Waals surface area contributed by atoms with Crippen molar-refractivity contribution in [1.82, 2.24) is 4.72 Å². The lowest BCUT2D eigenvalue weighted by Gasteiger charge is -2.17. The highest BCUT2D eigenvalue weighted by Gasteiger charge is 2.18. The van der Waals surface area contributed by atoms with Crippen LogP contribution in [0.4, 0.5) is 0 Å². The minimum atomic E-state index is -3.85. The minimum absolute atomic E-state index is 0.121. The number of carbonyl (C=O) groups is 1. The van der Waals surface area contributed by atoms with Crippen molar-refractivity contribution in [2.75, 3.05) is 0 Å². The van der Waals surface area contributed by atoms with Crippen molar-refractivity contribution in [3.05, 3.63) is 62.9 Å². The third-order valence-corrected chi connectivity index (χ3v) is 6.17. The molecule has 3 aromatic rings. The number of halogens is 1. The molecule has 0 fully saturated rings. The topological polar surface area (TPSA) is 118 Å². The van der Waals surface area contributed by atoms with E-state index < -0.39 is 21.7 Å². The number of hydrogen-bond donors (Lipinski definition) is 2. The van der Waals surface area contributed by atoms with Gasteiger partial charge in [-0.15, -0.1) is 0 Å². The zero-order chi connectivity index (χ0) is 23.5. The highest BCUT2D eigenvalue weighted by molar-refractivity contribution is 14.1. The summed E-state index contributed by atoms with van der Waals surface area (Å²) in [4.78, 5) is 11.1. The number of nitrogens with one attached hydrogen (secondary N) is 1. The second-order valence-corrected chi connectivity index (χ2v) is 10.7. The number of carboxylic acid groups (broad SMARTS) is 1. The van der Waals surface area contributed by atoms with Crippen LogP contribution in [0.25, 0.3) is 11.0 Å². The molecular formula is C22H23IN2O6S. The largest absolute Gasteiger partial charge is 0.489 e. The van der Waals surface area contributed by atoms with E-state index in [1.807, 2.05) is 12.1 Å². The van der Waals surface area contributed by atoms with Gasteiger partial charge in [0, 0.05) is 16.5 Å². The molecular weight excluding hydrogens is 547 g/mol. The van der Waals surface area contributed by atoms with Gasteiger partial charge in [-0.25, -0.2) is 0 Å². The third kappa shape index (κ3) is 6.78. The van der Waals surface area contributed by atoms with Crippen LogP contribution in [0.3, 0.4) is 0 Å². The van der Waals surface area contributed by atoms with Crippen LogP contribution in [0, 0.1) is 3.57 Å². The molecule has 32 heavy (non-hydrogen) atoms. The summed E-state index contributed by atoms with van der Waals surface area (Å²) < 4.78 is 42.6. The first-order valence-electron chi connectivity index (χ1n) is 9.65. The Morgan fingerprint density at radius 2 is 1.97 bits per heavy atom. The van der Waals surface area contributed by atoms with E-state index in [0.29, 0.717) is 22.7 Å². The number of para-hydroxylation sites is 1. The molecule has 1 heterocycles. The average molecular weight is 570 g/mol. The summed E-state index contributed by atoms with van der Waals surface area (Å²) in [5, 5.41) is 9.84. The second kappa shape index (κ2) is 9.59. The van der Waals surface area contributed by atoms with E-state index in [0.717, 1.165) is 14.5 Å². The van der Waals surface area contributed by atoms with Crippen molar-refractivity contribution in [2.24, 2.45) is 4.40 Å². The zero-order valence-corrected chi connectivity index (χ0v) is 20.7. The Kier molecular flexibility index (Phi) is 7.25. The number of fused-ring (bicyclic) bond motifs is 1. The Labute approximate surface area is 200 Å². The Bertz CT molecular complexity index is 1280. The fourth-order valence-electron chi connectivity index (χ4n) is 2.98. The number of hydrogen-bond acceptors (Lipinski definition) is 5. The molecule has 0 amide bonds. The highest BCUT2D eigenvalue weighted by Crippen LogP contribution is 2.27. The molecule has 0 bridgehead atoms. The summed E-state index contributed by atoms with van der Waals surface area (Å²) >= 11 is 2.13. The smallest absolute Gasteiger partial charge is 0.320 e. The molecule has 170 valence electrons. The predicted octanol–water partition coefficient (Wildman–Crippen LogP) is 4.30. The van der Waals surface area contributed by atoms with Crippen LogP contribution in [0.2, 0.25) is 0 Å².